The van der Waals surface area contributed by atoms with E-state index in [-0.39, 0.29) is 23.8 Å². The van der Waals surface area contributed by atoms with E-state index >= 15 is 0 Å². The third-order valence-corrected chi connectivity index (χ3v) is 8.65. The molecule has 0 saturated heterocycles. The summed E-state index contributed by atoms with van der Waals surface area (Å²) in [6.45, 7) is 4.13. The Labute approximate surface area is 254 Å². The summed E-state index contributed by atoms with van der Waals surface area (Å²) in [5, 5.41) is 2.87. The van der Waals surface area contributed by atoms with Crippen molar-refractivity contribution in [1.29, 1.82) is 0 Å². The smallest absolute Gasteiger partial charge is 0.264 e. The lowest BCUT2D eigenvalue weighted by molar-refractivity contribution is -0.140. The topological polar surface area (TPSA) is 96.0 Å². The van der Waals surface area contributed by atoms with E-state index in [4.69, 9.17) is 4.74 Å². The Balaban J connectivity index is 1.75. The lowest BCUT2D eigenvalue weighted by Crippen LogP contribution is -2.53. The van der Waals surface area contributed by atoms with Crippen LogP contribution in [0.2, 0.25) is 0 Å². The van der Waals surface area contributed by atoms with E-state index < -0.39 is 28.5 Å². The average molecular weight is 600 g/mol. The SMILES string of the molecule is CCNC(=O)C(Cc1ccccc1)N(Cc1ccccc1)C(=O)CN(c1ccccc1)S(=O)(=O)c1ccc(OCC)cc1. The Kier molecular flexibility index (Phi) is 10.9. The minimum atomic E-state index is -4.17. The number of likely N-dealkylation sites (N-methyl/N-ethyl adjacent to an activating group) is 1. The van der Waals surface area contributed by atoms with Crippen molar-refractivity contribution in [2.45, 2.75) is 37.8 Å². The molecule has 4 aromatic rings. The van der Waals surface area contributed by atoms with Crippen molar-refractivity contribution in [3.8, 4) is 5.75 Å². The molecule has 1 atom stereocenters. The quantitative estimate of drug-likeness (QED) is 0.219. The van der Waals surface area contributed by atoms with E-state index in [0.717, 1.165) is 15.4 Å². The van der Waals surface area contributed by atoms with Gasteiger partial charge in [-0.3, -0.25) is 13.9 Å². The summed E-state index contributed by atoms with van der Waals surface area (Å²) in [6.07, 6.45) is 0.266. The molecule has 2 amide bonds. The largest absolute Gasteiger partial charge is 0.494 e. The Bertz CT molecular complexity index is 1570. The Morgan fingerprint density at radius 3 is 1.88 bits per heavy atom. The summed E-state index contributed by atoms with van der Waals surface area (Å²) < 4.78 is 34.7. The zero-order valence-electron chi connectivity index (χ0n) is 24.4. The van der Waals surface area contributed by atoms with Crippen LogP contribution in [0.5, 0.6) is 5.75 Å². The number of benzene rings is 4. The molecule has 224 valence electrons. The summed E-state index contributed by atoms with van der Waals surface area (Å²) in [6, 6.07) is 32.6. The number of amides is 2. The lowest BCUT2D eigenvalue weighted by atomic mass is 10.0. The number of nitrogens with zero attached hydrogens (tertiary/aromatic N) is 2. The maximum atomic E-state index is 14.3. The molecule has 0 spiro atoms. The predicted octanol–water partition coefficient (Wildman–Crippen LogP) is 5.06. The van der Waals surface area contributed by atoms with Crippen LogP contribution >= 0.6 is 0 Å². The maximum absolute atomic E-state index is 14.3. The van der Waals surface area contributed by atoms with Gasteiger partial charge < -0.3 is 15.0 Å². The fraction of sp³-hybridized carbons (Fsp3) is 0.235. The Morgan fingerprint density at radius 2 is 1.33 bits per heavy atom. The fourth-order valence-corrected chi connectivity index (χ4v) is 6.17. The van der Waals surface area contributed by atoms with E-state index in [2.05, 4.69) is 5.32 Å². The highest BCUT2D eigenvalue weighted by molar-refractivity contribution is 7.92. The van der Waals surface area contributed by atoms with Gasteiger partial charge in [-0.2, -0.15) is 0 Å². The molecule has 43 heavy (non-hydrogen) atoms. The molecule has 1 N–H and O–H groups in total. The summed E-state index contributed by atoms with van der Waals surface area (Å²) in [4.78, 5) is 29.3. The van der Waals surface area contributed by atoms with Crippen molar-refractivity contribution >= 4 is 27.5 Å². The molecule has 8 nitrogen and oxygen atoms in total. The van der Waals surface area contributed by atoms with Crippen LogP contribution in [-0.2, 0) is 32.6 Å². The van der Waals surface area contributed by atoms with Gasteiger partial charge in [-0.05, 0) is 61.4 Å². The highest BCUT2D eigenvalue weighted by Crippen LogP contribution is 2.26. The first-order valence-corrected chi connectivity index (χ1v) is 15.7. The first-order valence-electron chi connectivity index (χ1n) is 14.3. The van der Waals surface area contributed by atoms with Gasteiger partial charge in [0, 0.05) is 19.5 Å². The van der Waals surface area contributed by atoms with E-state index in [9.17, 15) is 18.0 Å². The number of para-hydroxylation sites is 1. The fourth-order valence-electron chi connectivity index (χ4n) is 4.75. The number of hydrogen-bond donors (Lipinski definition) is 1. The number of hydrogen-bond acceptors (Lipinski definition) is 5. The first-order chi connectivity index (χ1) is 20.8. The zero-order chi connectivity index (χ0) is 30.7. The van der Waals surface area contributed by atoms with Gasteiger partial charge >= 0.3 is 0 Å². The van der Waals surface area contributed by atoms with Crippen LogP contribution in [0.25, 0.3) is 0 Å². The standard InChI is InChI=1S/C34H37N3O5S/c1-3-35-34(39)32(24-27-14-8-5-9-15-27)36(25-28-16-10-6-11-17-28)33(38)26-37(29-18-12-7-13-19-29)43(40,41)31-22-20-30(21-23-31)42-4-2/h5-23,32H,3-4,24-26H2,1-2H3,(H,35,39). The molecule has 0 aliphatic carbocycles. The van der Waals surface area contributed by atoms with Gasteiger partial charge in [-0.15, -0.1) is 0 Å². The number of carbonyl (C=O) groups excluding carboxylic acids is 2. The summed E-state index contributed by atoms with van der Waals surface area (Å²) in [7, 11) is -4.17. The highest BCUT2D eigenvalue weighted by Gasteiger charge is 2.34. The molecule has 0 aliphatic heterocycles. The van der Waals surface area contributed by atoms with Gasteiger partial charge in [0.05, 0.1) is 17.2 Å². The second-order valence-electron chi connectivity index (χ2n) is 9.86. The van der Waals surface area contributed by atoms with Crippen molar-refractivity contribution in [3.05, 3.63) is 126 Å². The lowest BCUT2D eigenvalue weighted by Gasteiger charge is -2.33. The van der Waals surface area contributed by atoms with E-state index in [1.54, 1.807) is 42.5 Å². The molecule has 9 heteroatoms. The van der Waals surface area contributed by atoms with Gasteiger partial charge in [-0.25, -0.2) is 8.42 Å². The monoisotopic (exact) mass is 599 g/mol. The molecule has 4 rings (SSSR count). The van der Waals surface area contributed by atoms with E-state index in [0.29, 0.717) is 24.6 Å². The minimum Gasteiger partial charge on any atom is -0.494 e. The van der Waals surface area contributed by atoms with Gasteiger partial charge in [0.15, 0.2) is 0 Å². The summed E-state index contributed by atoms with van der Waals surface area (Å²) in [5.74, 6) is -0.269. The third-order valence-electron chi connectivity index (χ3n) is 6.86. The maximum Gasteiger partial charge on any atom is 0.264 e. The normalized spacial score (nSPS) is 11.8. The predicted molar refractivity (Wildman–Crippen MR) is 168 cm³/mol. The van der Waals surface area contributed by atoms with E-state index in [1.165, 1.54) is 17.0 Å². The number of anilines is 1. The number of carbonyl (C=O) groups is 2. The van der Waals surface area contributed by atoms with Crippen LogP contribution in [-0.4, -0.2) is 50.9 Å². The molecule has 1 unspecified atom stereocenters. The molecule has 0 fully saturated rings. The molecular weight excluding hydrogens is 562 g/mol. The van der Waals surface area contributed by atoms with Crippen molar-refractivity contribution < 1.29 is 22.7 Å². The van der Waals surface area contributed by atoms with Gasteiger partial charge in [0.1, 0.15) is 18.3 Å². The highest BCUT2D eigenvalue weighted by atomic mass is 32.2. The van der Waals surface area contributed by atoms with Crippen LogP contribution in [0.4, 0.5) is 5.69 Å². The average Bonchev–Trinajstić information content (AvgIpc) is 3.03. The van der Waals surface area contributed by atoms with Gasteiger partial charge in [0.2, 0.25) is 11.8 Å². The third kappa shape index (κ3) is 8.23. The molecule has 4 aromatic carbocycles. The Hall–Kier alpha value is -4.63. The van der Waals surface area contributed by atoms with Crippen molar-refractivity contribution in [2.75, 3.05) is 24.0 Å². The second-order valence-corrected chi connectivity index (χ2v) is 11.7. The van der Waals surface area contributed by atoms with Crippen LogP contribution in [0.1, 0.15) is 25.0 Å². The zero-order valence-corrected chi connectivity index (χ0v) is 25.2. The first kappa shape index (κ1) is 31.3. The van der Waals surface area contributed by atoms with Gasteiger partial charge in [0.25, 0.3) is 10.0 Å². The van der Waals surface area contributed by atoms with Gasteiger partial charge in [-0.1, -0.05) is 78.9 Å². The molecule has 0 heterocycles. The van der Waals surface area contributed by atoms with Crippen LogP contribution in [0, 0.1) is 0 Å². The van der Waals surface area contributed by atoms with E-state index in [1.807, 2.05) is 74.5 Å². The number of nitrogens with one attached hydrogen (secondary N) is 1. The molecule has 0 bridgehead atoms. The van der Waals surface area contributed by atoms with Crippen LogP contribution < -0.4 is 14.4 Å². The van der Waals surface area contributed by atoms with Crippen molar-refractivity contribution in [1.82, 2.24) is 10.2 Å². The van der Waals surface area contributed by atoms with Crippen LogP contribution in [0.15, 0.2) is 120 Å². The minimum absolute atomic E-state index is 0.0202. The molecular formula is C34H37N3O5S. The molecule has 0 aromatic heterocycles. The molecule has 0 aliphatic rings. The van der Waals surface area contributed by atoms with Crippen molar-refractivity contribution in [3.63, 3.8) is 0 Å². The molecule has 0 radical (unpaired) electrons. The number of sulfonamides is 1. The Morgan fingerprint density at radius 1 is 0.767 bits per heavy atom. The molecule has 0 saturated carbocycles. The number of rotatable bonds is 14. The summed E-state index contributed by atoms with van der Waals surface area (Å²) in [5.41, 5.74) is 2.03. The van der Waals surface area contributed by atoms with Crippen molar-refractivity contribution in [2.24, 2.45) is 0 Å². The number of ether oxygens (including phenoxy) is 1. The summed E-state index contributed by atoms with van der Waals surface area (Å²) >= 11 is 0. The van der Waals surface area contributed by atoms with Crippen LogP contribution in [0.3, 0.4) is 0 Å². The second kappa shape index (κ2) is 15.0.